The fraction of sp³-hybridized carbons (Fsp3) is 0.737. The third kappa shape index (κ3) is 3.61. The molecule has 24 heavy (non-hydrogen) atoms. The van der Waals surface area contributed by atoms with Gasteiger partial charge in [0.25, 0.3) is 0 Å². The number of carbonyl (C=O) groups excluding carboxylic acids is 1. The molecule has 3 fully saturated rings. The average molecular weight is 331 g/mol. The van der Waals surface area contributed by atoms with E-state index < -0.39 is 5.60 Å². The van der Waals surface area contributed by atoms with Crippen LogP contribution in [0, 0.1) is 5.41 Å². The first kappa shape index (κ1) is 17.3. The van der Waals surface area contributed by atoms with Gasteiger partial charge in [-0.3, -0.25) is 4.79 Å². The van der Waals surface area contributed by atoms with Crippen LogP contribution in [0.1, 0.15) is 82.4 Å². The highest BCUT2D eigenvalue weighted by Gasteiger charge is 2.47. The molecule has 0 unspecified atom stereocenters. The zero-order chi connectivity index (χ0) is 17.6. The first-order valence-corrected chi connectivity index (χ1v) is 8.97. The number of hydrogen-bond acceptors (Lipinski definition) is 5. The molecule has 0 aromatic carbocycles. The topological polar surface area (TPSA) is 75.1 Å². The van der Waals surface area contributed by atoms with E-state index in [1.807, 2.05) is 0 Å². The SMILES string of the molecule is CC(=O)c1cnc(CC23CCC(O)(CC2)CC3)nc1NC(C)(C)C. The quantitative estimate of drug-likeness (QED) is 0.826. The predicted octanol–water partition coefficient (Wildman–Crippen LogP) is 3.52. The first-order valence-electron chi connectivity index (χ1n) is 8.97. The molecule has 2 N–H and O–H groups in total. The third-order valence-corrected chi connectivity index (χ3v) is 5.61. The molecule has 0 radical (unpaired) electrons. The maximum absolute atomic E-state index is 11.9. The van der Waals surface area contributed by atoms with Gasteiger partial charge in [0.05, 0.1) is 11.2 Å². The smallest absolute Gasteiger partial charge is 0.165 e. The minimum absolute atomic E-state index is 0.0214. The van der Waals surface area contributed by atoms with Crippen LogP contribution in [0.15, 0.2) is 6.20 Å². The van der Waals surface area contributed by atoms with Crippen molar-refractivity contribution in [3.05, 3.63) is 17.6 Å². The van der Waals surface area contributed by atoms with Crippen LogP contribution in [-0.2, 0) is 6.42 Å². The summed E-state index contributed by atoms with van der Waals surface area (Å²) in [4.78, 5) is 21.0. The number of Topliss-reactive ketones (excluding diaryl/α,β-unsaturated/α-hetero) is 1. The van der Waals surface area contributed by atoms with Gasteiger partial charge in [-0.05, 0) is 71.6 Å². The molecule has 3 saturated carbocycles. The van der Waals surface area contributed by atoms with E-state index in [0.717, 1.165) is 50.8 Å². The molecule has 5 nitrogen and oxygen atoms in total. The zero-order valence-electron chi connectivity index (χ0n) is 15.3. The molecule has 1 aromatic rings. The first-order chi connectivity index (χ1) is 11.1. The Morgan fingerprint density at radius 1 is 1.21 bits per heavy atom. The minimum atomic E-state index is -0.417. The van der Waals surface area contributed by atoms with E-state index in [2.05, 4.69) is 31.1 Å². The van der Waals surface area contributed by atoms with Crippen molar-refractivity contribution in [3.63, 3.8) is 0 Å². The highest BCUT2D eigenvalue weighted by atomic mass is 16.3. The molecular weight excluding hydrogens is 302 g/mol. The molecule has 0 saturated heterocycles. The van der Waals surface area contributed by atoms with Crippen molar-refractivity contribution in [1.82, 2.24) is 9.97 Å². The van der Waals surface area contributed by atoms with Gasteiger partial charge in [0.2, 0.25) is 0 Å². The lowest BCUT2D eigenvalue weighted by molar-refractivity contribution is -0.0920. The minimum Gasteiger partial charge on any atom is -0.390 e. The second-order valence-corrected chi connectivity index (χ2v) is 8.88. The van der Waals surface area contributed by atoms with Crippen LogP contribution in [0.4, 0.5) is 5.82 Å². The van der Waals surface area contributed by atoms with Gasteiger partial charge in [0.1, 0.15) is 11.6 Å². The average Bonchev–Trinajstić information content (AvgIpc) is 2.47. The molecule has 132 valence electrons. The second-order valence-electron chi connectivity index (χ2n) is 8.88. The predicted molar refractivity (Wildman–Crippen MR) is 94.2 cm³/mol. The van der Waals surface area contributed by atoms with Crippen molar-refractivity contribution in [2.24, 2.45) is 5.41 Å². The number of aromatic nitrogens is 2. The van der Waals surface area contributed by atoms with Gasteiger partial charge in [-0.1, -0.05) is 0 Å². The van der Waals surface area contributed by atoms with Crippen LogP contribution in [-0.4, -0.2) is 32.0 Å². The van der Waals surface area contributed by atoms with E-state index >= 15 is 0 Å². The lowest BCUT2D eigenvalue weighted by Gasteiger charge is -2.50. The number of ketones is 1. The molecule has 1 heterocycles. The number of hydrogen-bond donors (Lipinski definition) is 2. The monoisotopic (exact) mass is 331 g/mol. The number of nitrogens with zero attached hydrogens (tertiary/aromatic N) is 2. The second kappa shape index (κ2) is 5.80. The standard InChI is InChI=1S/C19H29N3O2/c1-13(23)14-12-20-15(21-16(14)22-17(2,3)4)11-18-5-8-19(24,9-6-18)10-7-18/h12,24H,5-11H2,1-4H3,(H,20,21,22). The van der Waals surface area contributed by atoms with E-state index in [0.29, 0.717) is 11.4 Å². The summed E-state index contributed by atoms with van der Waals surface area (Å²) in [5, 5.41) is 13.7. The lowest BCUT2D eigenvalue weighted by atomic mass is 9.57. The van der Waals surface area contributed by atoms with Crippen LogP contribution in [0.5, 0.6) is 0 Å². The van der Waals surface area contributed by atoms with Crippen LogP contribution in [0.2, 0.25) is 0 Å². The molecule has 4 rings (SSSR count). The summed E-state index contributed by atoms with van der Waals surface area (Å²) in [7, 11) is 0. The summed E-state index contributed by atoms with van der Waals surface area (Å²) in [5.74, 6) is 1.42. The normalized spacial score (nSPS) is 29.5. The van der Waals surface area contributed by atoms with Crippen LogP contribution < -0.4 is 5.32 Å². The summed E-state index contributed by atoms with van der Waals surface area (Å²) in [5.41, 5.74) is 0.189. The number of carbonyl (C=O) groups is 1. The Kier molecular flexibility index (Phi) is 4.19. The summed E-state index contributed by atoms with van der Waals surface area (Å²) < 4.78 is 0. The van der Waals surface area contributed by atoms with E-state index in [1.54, 1.807) is 13.1 Å². The summed E-state index contributed by atoms with van der Waals surface area (Å²) in [6.45, 7) is 7.72. The van der Waals surface area contributed by atoms with Crippen molar-refractivity contribution in [2.45, 2.75) is 83.8 Å². The molecular formula is C19H29N3O2. The van der Waals surface area contributed by atoms with Crippen molar-refractivity contribution >= 4 is 11.6 Å². The number of fused-ring (bicyclic) bond motifs is 3. The highest BCUT2D eigenvalue weighted by molar-refractivity contribution is 5.98. The van der Waals surface area contributed by atoms with Gasteiger partial charge in [-0.2, -0.15) is 0 Å². The molecule has 0 spiro atoms. The van der Waals surface area contributed by atoms with Gasteiger partial charge in [0.15, 0.2) is 5.78 Å². The molecule has 5 heteroatoms. The molecule has 0 atom stereocenters. The van der Waals surface area contributed by atoms with Gasteiger partial charge >= 0.3 is 0 Å². The Hall–Kier alpha value is -1.49. The molecule has 0 amide bonds. The van der Waals surface area contributed by atoms with E-state index in [-0.39, 0.29) is 16.7 Å². The summed E-state index contributed by atoms with van der Waals surface area (Å²) in [6.07, 6.45) is 8.32. The summed E-state index contributed by atoms with van der Waals surface area (Å²) in [6, 6.07) is 0. The molecule has 3 aliphatic carbocycles. The number of nitrogens with one attached hydrogen (secondary N) is 1. The van der Waals surface area contributed by atoms with Crippen molar-refractivity contribution in [3.8, 4) is 0 Å². The van der Waals surface area contributed by atoms with E-state index in [1.165, 1.54) is 0 Å². The fourth-order valence-electron chi connectivity index (χ4n) is 4.06. The maximum Gasteiger partial charge on any atom is 0.165 e. The Bertz CT molecular complexity index is 624. The van der Waals surface area contributed by atoms with Crippen molar-refractivity contribution < 1.29 is 9.90 Å². The van der Waals surface area contributed by atoms with Gasteiger partial charge in [-0.25, -0.2) is 9.97 Å². The fourth-order valence-corrected chi connectivity index (χ4v) is 4.06. The molecule has 2 bridgehead atoms. The zero-order valence-corrected chi connectivity index (χ0v) is 15.3. The van der Waals surface area contributed by atoms with Crippen molar-refractivity contribution in [2.75, 3.05) is 5.32 Å². The van der Waals surface area contributed by atoms with Gasteiger partial charge < -0.3 is 10.4 Å². The Morgan fingerprint density at radius 2 is 1.79 bits per heavy atom. The van der Waals surface area contributed by atoms with Gasteiger partial charge in [-0.15, -0.1) is 0 Å². The Balaban J connectivity index is 1.84. The lowest BCUT2D eigenvalue weighted by Crippen LogP contribution is -2.47. The van der Waals surface area contributed by atoms with Crippen LogP contribution in [0.25, 0.3) is 0 Å². The molecule has 3 aliphatic rings. The van der Waals surface area contributed by atoms with E-state index in [4.69, 9.17) is 4.98 Å². The largest absolute Gasteiger partial charge is 0.390 e. The number of anilines is 1. The third-order valence-electron chi connectivity index (χ3n) is 5.61. The Morgan fingerprint density at radius 3 is 2.29 bits per heavy atom. The maximum atomic E-state index is 11.9. The van der Waals surface area contributed by atoms with Crippen LogP contribution in [0.3, 0.4) is 0 Å². The van der Waals surface area contributed by atoms with Crippen molar-refractivity contribution in [1.29, 1.82) is 0 Å². The summed E-state index contributed by atoms with van der Waals surface area (Å²) >= 11 is 0. The molecule has 1 aromatic heterocycles. The Labute approximate surface area is 144 Å². The van der Waals surface area contributed by atoms with Crippen LogP contribution >= 0.6 is 0 Å². The van der Waals surface area contributed by atoms with Gasteiger partial charge in [0, 0.05) is 18.2 Å². The van der Waals surface area contributed by atoms with E-state index in [9.17, 15) is 9.90 Å². The number of rotatable bonds is 4. The number of aliphatic hydroxyl groups is 1. The molecule has 0 aliphatic heterocycles. The highest BCUT2D eigenvalue weighted by Crippen LogP contribution is 2.53.